The van der Waals surface area contributed by atoms with Crippen LogP contribution in [0.1, 0.15) is 18.1 Å². The summed E-state index contributed by atoms with van der Waals surface area (Å²) in [7, 11) is 0. The molecule has 3 rings (SSSR count). The lowest BCUT2D eigenvalue weighted by Crippen LogP contribution is -2.60. The molecule has 0 aliphatic heterocycles. The molecular weight excluding hydrogens is 380 g/mol. The quantitative estimate of drug-likeness (QED) is 0.462. The van der Waals surface area contributed by atoms with Crippen molar-refractivity contribution >= 4 is 22.8 Å². The fourth-order valence-electron chi connectivity index (χ4n) is 3.58. The highest BCUT2D eigenvalue weighted by molar-refractivity contribution is 5.90. The second-order valence-electron chi connectivity index (χ2n) is 7.66. The van der Waals surface area contributed by atoms with Crippen LogP contribution in [0.2, 0.25) is 0 Å². The number of hydrogen-bond acceptors (Lipinski definition) is 3. The lowest BCUT2D eigenvalue weighted by Gasteiger charge is -2.30. The van der Waals surface area contributed by atoms with Crippen molar-refractivity contribution in [2.24, 2.45) is 0 Å². The van der Waals surface area contributed by atoms with Crippen molar-refractivity contribution in [1.29, 1.82) is 0 Å². The van der Waals surface area contributed by atoms with Gasteiger partial charge in [0.15, 0.2) is 0 Å². The molecule has 3 aromatic carbocycles. The fourth-order valence-corrected chi connectivity index (χ4v) is 3.58. The van der Waals surface area contributed by atoms with E-state index in [2.05, 4.69) is 10.6 Å². The number of benzene rings is 3. The number of aliphatic hydroxyl groups excluding tert-OH is 1. The van der Waals surface area contributed by atoms with Gasteiger partial charge in [-0.25, -0.2) is 4.79 Å². The first-order valence-corrected chi connectivity index (χ1v) is 9.84. The predicted octanol–water partition coefficient (Wildman–Crippen LogP) is 3.13. The first-order chi connectivity index (χ1) is 14.4. The molecule has 156 valence electrons. The third-order valence-electron chi connectivity index (χ3n) is 5.14. The van der Waals surface area contributed by atoms with Crippen molar-refractivity contribution in [3.63, 3.8) is 0 Å². The zero-order chi connectivity index (χ0) is 21.6. The summed E-state index contributed by atoms with van der Waals surface area (Å²) < 4.78 is 0. The number of carbonyl (C=O) groups excluding carboxylic acids is 1. The molecule has 0 heterocycles. The summed E-state index contributed by atoms with van der Waals surface area (Å²) in [5.74, 6) is -0.479. The SMILES string of the molecule is CC(Cc1ccc2ccccc2c1)(NC(=O)O)C(=O)NC(CO)Cc1ccccc1. The topological polar surface area (TPSA) is 98.7 Å². The Morgan fingerprint density at radius 2 is 1.60 bits per heavy atom. The maximum atomic E-state index is 13.1. The third kappa shape index (κ3) is 5.36. The molecule has 2 unspecified atom stereocenters. The van der Waals surface area contributed by atoms with Gasteiger partial charge in [-0.1, -0.05) is 72.8 Å². The lowest BCUT2D eigenvalue weighted by atomic mass is 9.90. The van der Waals surface area contributed by atoms with E-state index in [-0.39, 0.29) is 13.0 Å². The van der Waals surface area contributed by atoms with Gasteiger partial charge in [-0.15, -0.1) is 0 Å². The highest BCUT2D eigenvalue weighted by Gasteiger charge is 2.36. The second-order valence-corrected chi connectivity index (χ2v) is 7.66. The first kappa shape index (κ1) is 21.3. The zero-order valence-corrected chi connectivity index (χ0v) is 16.8. The molecule has 0 aliphatic rings. The molecule has 2 amide bonds. The molecular formula is C24H26N2O4. The molecule has 6 nitrogen and oxygen atoms in total. The average Bonchev–Trinajstić information content (AvgIpc) is 2.73. The molecule has 30 heavy (non-hydrogen) atoms. The number of amides is 2. The molecule has 0 spiro atoms. The van der Waals surface area contributed by atoms with E-state index in [1.807, 2.05) is 72.8 Å². The summed E-state index contributed by atoms with van der Waals surface area (Å²) >= 11 is 0. The second kappa shape index (κ2) is 9.41. The Morgan fingerprint density at radius 3 is 2.27 bits per heavy atom. The maximum absolute atomic E-state index is 13.1. The number of rotatable bonds is 8. The summed E-state index contributed by atoms with van der Waals surface area (Å²) in [6.07, 6.45) is -0.654. The number of aliphatic hydroxyl groups is 1. The highest BCUT2D eigenvalue weighted by atomic mass is 16.4. The highest BCUT2D eigenvalue weighted by Crippen LogP contribution is 2.20. The molecule has 0 radical (unpaired) electrons. The zero-order valence-electron chi connectivity index (χ0n) is 16.8. The Balaban J connectivity index is 1.79. The van der Waals surface area contributed by atoms with Gasteiger partial charge in [-0.05, 0) is 35.2 Å². The van der Waals surface area contributed by atoms with E-state index >= 15 is 0 Å². The van der Waals surface area contributed by atoms with Gasteiger partial charge in [0, 0.05) is 6.42 Å². The van der Waals surface area contributed by atoms with Crippen LogP contribution in [-0.2, 0) is 17.6 Å². The van der Waals surface area contributed by atoms with Crippen LogP contribution in [0, 0.1) is 0 Å². The lowest BCUT2D eigenvalue weighted by molar-refractivity contribution is -0.127. The van der Waals surface area contributed by atoms with Crippen molar-refractivity contribution in [1.82, 2.24) is 10.6 Å². The van der Waals surface area contributed by atoms with Gasteiger partial charge in [-0.2, -0.15) is 0 Å². The van der Waals surface area contributed by atoms with Crippen LogP contribution in [0.25, 0.3) is 10.8 Å². The van der Waals surface area contributed by atoms with Crippen LogP contribution in [0.3, 0.4) is 0 Å². The van der Waals surface area contributed by atoms with E-state index in [0.717, 1.165) is 21.9 Å². The van der Waals surface area contributed by atoms with E-state index < -0.39 is 23.6 Å². The summed E-state index contributed by atoms with van der Waals surface area (Å²) in [5, 5.41) is 26.3. The standard InChI is InChI=1S/C24H26N2O4/c1-24(26-23(29)30,15-18-11-12-19-9-5-6-10-20(19)13-18)22(28)25-21(16-27)14-17-7-3-2-4-8-17/h2-13,21,26-27H,14-16H2,1H3,(H,25,28)(H,29,30). The molecule has 0 fully saturated rings. The van der Waals surface area contributed by atoms with E-state index in [1.54, 1.807) is 6.92 Å². The average molecular weight is 406 g/mol. The molecule has 6 heteroatoms. The Morgan fingerprint density at radius 1 is 0.933 bits per heavy atom. The predicted molar refractivity (Wildman–Crippen MR) is 116 cm³/mol. The van der Waals surface area contributed by atoms with E-state index in [1.165, 1.54) is 0 Å². The van der Waals surface area contributed by atoms with E-state index in [0.29, 0.717) is 6.42 Å². The van der Waals surface area contributed by atoms with E-state index in [9.17, 15) is 19.8 Å². The number of fused-ring (bicyclic) bond motifs is 1. The van der Waals surface area contributed by atoms with Crippen LogP contribution >= 0.6 is 0 Å². The largest absolute Gasteiger partial charge is 0.465 e. The molecule has 3 aromatic rings. The minimum atomic E-state index is -1.39. The molecule has 0 aliphatic carbocycles. The Labute approximate surface area is 175 Å². The van der Waals surface area contributed by atoms with Crippen molar-refractivity contribution in [2.75, 3.05) is 6.61 Å². The van der Waals surface area contributed by atoms with Crippen LogP contribution in [0.4, 0.5) is 4.79 Å². The normalized spacial score (nSPS) is 13.9. The van der Waals surface area contributed by atoms with Gasteiger partial charge in [0.05, 0.1) is 12.6 Å². The van der Waals surface area contributed by atoms with Crippen molar-refractivity contribution in [3.8, 4) is 0 Å². The number of hydrogen-bond donors (Lipinski definition) is 4. The van der Waals surface area contributed by atoms with Crippen LogP contribution in [0.15, 0.2) is 72.8 Å². The number of nitrogens with one attached hydrogen (secondary N) is 2. The minimum absolute atomic E-state index is 0.180. The van der Waals surface area contributed by atoms with Crippen LogP contribution in [-0.4, -0.2) is 40.4 Å². The molecule has 4 N–H and O–H groups in total. The number of carbonyl (C=O) groups is 2. The summed E-state index contributed by atoms with van der Waals surface area (Å²) in [6, 6.07) is 22.6. The van der Waals surface area contributed by atoms with Gasteiger partial charge in [0.2, 0.25) is 5.91 Å². The van der Waals surface area contributed by atoms with E-state index in [4.69, 9.17) is 0 Å². The van der Waals surface area contributed by atoms with Crippen molar-refractivity contribution < 1.29 is 19.8 Å². The molecule has 2 atom stereocenters. The molecule has 0 saturated carbocycles. The number of carboxylic acid groups (broad SMARTS) is 1. The minimum Gasteiger partial charge on any atom is -0.465 e. The Hall–Kier alpha value is -3.38. The van der Waals surface area contributed by atoms with Gasteiger partial charge < -0.3 is 20.8 Å². The van der Waals surface area contributed by atoms with Crippen LogP contribution in [0.5, 0.6) is 0 Å². The smallest absolute Gasteiger partial charge is 0.405 e. The van der Waals surface area contributed by atoms with Gasteiger partial charge in [-0.3, -0.25) is 4.79 Å². The van der Waals surface area contributed by atoms with Crippen molar-refractivity contribution in [3.05, 3.63) is 83.9 Å². The molecule has 0 saturated heterocycles. The maximum Gasteiger partial charge on any atom is 0.405 e. The van der Waals surface area contributed by atoms with Gasteiger partial charge in [0.1, 0.15) is 5.54 Å². The Bertz CT molecular complexity index is 1020. The first-order valence-electron chi connectivity index (χ1n) is 9.84. The Kier molecular flexibility index (Phi) is 6.69. The van der Waals surface area contributed by atoms with Crippen LogP contribution < -0.4 is 10.6 Å². The molecule has 0 aromatic heterocycles. The molecule has 0 bridgehead atoms. The van der Waals surface area contributed by atoms with Gasteiger partial charge >= 0.3 is 6.09 Å². The monoisotopic (exact) mass is 406 g/mol. The summed E-state index contributed by atoms with van der Waals surface area (Å²) in [6.45, 7) is 1.31. The summed E-state index contributed by atoms with van der Waals surface area (Å²) in [4.78, 5) is 24.5. The fraction of sp³-hybridized carbons (Fsp3) is 0.250. The van der Waals surface area contributed by atoms with Gasteiger partial charge in [0.25, 0.3) is 0 Å². The summed E-state index contributed by atoms with van der Waals surface area (Å²) in [5.41, 5.74) is 0.418. The third-order valence-corrected chi connectivity index (χ3v) is 5.14. The van der Waals surface area contributed by atoms with Crippen molar-refractivity contribution in [2.45, 2.75) is 31.3 Å².